The second-order valence-electron chi connectivity index (χ2n) is 5.51. The number of fused-ring (bicyclic) bond motifs is 1. The first-order valence-electron chi connectivity index (χ1n) is 7.24. The zero-order valence-electron chi connectivity index (χ0n) is 13.2. The Kier molecular flexibility index (Phi) is 4.97. The standard InChI is InChI=1S/C15H22N4O2S/c1-4-22(20,21)10-11(2)19(3)9-14-17-13-8-6-5-7-12(13)15(16)18-14/h5-8,11H,4,9-10H2,1-3H3,(H2,16,17,18)/t11-/m1/s1. The van der Waals surface area contributed by atoms with Crippen molar-refractivity contribution in [1.82, 2.24) is 14.9 Å². The molecule has 0 radical (unpaired) electrons. The second kappa shape index (κ2) is 6.58. The maximum Gasteiger partial charge on any atom is 0.151 e. The molecule has 7 heteroatoms. The lowest BCUT2D eigenvalue weighted by Crippen LogP contribution is -2.35. The van der Waals surface area contributed by atoms with Crippen LogP contribution in [0, 0.1) is 0 Å². The Balaban J connectivity index is 2.16. The highest BCUT2D eigenvalue weighted by molar-refractivity contribution is 7.91. The van der Waals surface area contributed by atoms with Crippen LogP contribution in [0.5, 0.6) is 0 Å². The van der Waals surface area contributed by atoms with E-state index in [0.717, 1.165) is 10.9 Å². The molecule has 0 saturated heterocycles. The van der Waals surface area contributed by atoms with E-state index in [1.807, 2.05) is 43.1 Å². The molecule has 0 aliphatic rings. The van der Waals surface area contributed by atoms with E-state index in [1.54, 1.807) is 6.92 Å². The molecule has 0 saturated carbocycles. The van der Waals surface area contributed by atoms with Gasteiger partial charge in [0.2, 0.25) is 0 Å². The molecule has 2 N–H and O–H groups in total. The molecule has 2 aromatic rings. The molecule has 1 aromatic carbocycles. The van der Waals surface area contributed by atoms with Gasteiger partial charge in [0.15, 0.2) is 9.84 Å². The van der Waals surface area contributed by atoms with E-state index in [9.17, 15) is 8.42 Å². The van der Waals surface area contributed by atoms with Crippen molar-refractivity contribution in [2.24, 2.45) is 0 Å². The number of hydrogen-bond acceptors (Lipinski definition) is 6. The van der Waals surface area contributed by atoms with Crippen LogP contribution in [0.3, 0.4) is 0 Å². The van der Waals surface area contributed by atoms with Crippen LogP contribution in [0.2, 0.25) is 0 Å². The summed E-state index contributed by atoms with van der Waals surface area (Å²) in [5.41, 5.74) is 6.76. The van der Waals surface area contributed by atoms with Gasteiger partial charge in [0, 0.05) is 17.2 Å². The van der Waals surface area contributed by atoms with Gasteiger partial charge in [-0.15, -0.1) is 0 Å². The van der Waals surface area contributed by atoms with Crippen molar-refractivity contribution in [3.05, 3.63) is 30.1 Å². The van der Waals surface area contributed by atoms with Crippen LogP contribution in [0.25, 0.3) is 10.9 Å². The van der Waals surface area contributed by atoms with Gasteiger partial charge < -0.3 is 5.73 Å². The maximum atomic E-state index is 11.7. The van der Waals surface area contributed by atoms with Gasteiger partial charge in [0.05, 0.1) is 17.8 Å². The third kappa shape index (κ3) is 3.92. The quantitative estimate of drug-likeness (QED) is 0.866. The van der Waals surface area contributed by atoms with Gasteiger partial charge in [-0.1, -0.05) is 19.1 Å². The Hall–Kier alpha value is -1.73. The molecular weight excluding hydrogens is 300 g/mol. The topological polar surface area (TPSA) is 89.2 Å². The number of anilines is 1. The molecule has 1 heterocycles. The Labute approximate surface area is 131 Å². The van der Waals surface area contributed by atoms with Gasteiger partial charge in [-0.05, 0) is 26.1 Å². The molecule has 22 heavy (non-hydrogen) atoms. The smallest absolute Gasteiger partial charge is 0.151 e. The number of hydrogen-bond donors (Lipinski definition) is 1. The third-order valence-electron chi connectivity index (χ3n) is 3.76. The minimum atomic E-state index is -3.01. The first-order valence-corrected chi connectivity index (χ1v) is 9.06. The number of nitrogen functional groups attached to an aromatic ring is 1. The predicted octanol–water partition coefficient (Wildman–Crippen LogP) is 1.47. The van der Waals surface area contributed by atoms with Gasteiger partial charge in [0.1, 0.15) is 11.6 Å². The predicted molar refractivity (Wildman–Crippen MR) is 89.2 cm³/mol. The van der Waals surface area contributed by atoms with Gasteiger partial charge in [-0.2, -0.15) is 0 Å². The van der Waals surface area contributed by atoms with E-state index in [2.05, 4.69) is 9.97 Å². The summed E-state index contributed by atoms with van der Waals surface area (Å²) in [5.74, 6) is 1.33. The Morgan fingerprint density at radius 3 is 2.64 bits per heavy atom. The highest BCUT2D eigenvalue weighted by Gasteiger charge is 2.18. The number of benzene rings is 1. The first-order chi connectivity index (χ1) is 10.3. The van der Waals surface area contributed by atoms with Gasteiger partial charge >= 0.3 is 0 Å². The monoisotopic (exact) mass is 322 g/mol. The minimum Gasteiger partial charge on any atom is -0.383 e. The lowest BCUT2D eigenvalue weighted by molar-refractivity contribution is 0.261. The van der Waals surface area contributed by atoms with Crippen LogP contribution in [0.1, 0.15) is 19.7 Å². The number of aromatic nitrogens is 2. The largest absolute Gasteiger partial charge is 0.383 e. The normalized spacial score (nSPS) is 13.6. The number of sulfone groups is 1. The van der Waals surface area contributed by atoms with Crippen molar-refractivity contribution in [1.29, 1.82) is 0 Å². The number of nitrogens with two attached hydrogens (primary N) is 1. The Morgan fingerprint density at radius 2 is 1.95 bits per heavy atom. The molecule has 1 atom stereocenters. The summed E-state index contributed by atoms with van der Waals surface area (Å²) in [5, 5.41) is 0.829. The van der Waals surface area contributed by atoms with Crippen LogP contribution in [-0.4, -0.2) is 47.9 Å². The third-order valence-corrected chi connectivity index (χ3v) is 5.63. The van der Waals surface area contributed by atoms with Gasteiger partial charge in [-0.25, -0.2) is 18.4 Å². The Bertz CT molecular complexity index is 761. The lowest BCUT2D eigenvalue weighted by atomic mass is 10.2. The van der Waals surface area contributed by atoms with E-state index < -0.39 is 9.84 Å². The highest BCUT2D eigenvalue weighted by Crippen LogP contribution is 2.18. The van der Waals surface area contributed by atoms with Gasteiger partial charge in [-0.3, -0.25) is 4.90 Å². The number of nitrogens with zero attached hydrogens (tertiary/aromatic N) is 3. The highest BCUT2D eigenvalue weighted by atomic mass is 32.2. The zero-order chi connectivity index (χ0) is 16.3. The molecule has 120 valence electrons. The SMILES string of the molecule is CCS(=O)(=O)C[C@@H](C)N(C)Cc1nc(N)c2ccccc2n1. The average molecular weight is 322 g/mol. The molecule has 0 bridgehead atoms. The molecule has 0 aliphatic carbocycles. The van der Waals surface area contributed by atoms with Crippen molar-refractivity contribution in [3.63, 3.8) is 0 Å². The van der Waals surface area contributed by atoms with Crippen LogP contribution >= 0.6 is 0 Å². The summed E-state index contributed by atoms with van der Waals surface area (Å²) < 4.78 is 23.4. The van der Waals surface area contributed by atoms with Crippen molar-refractivity contribution in [3.8, 4) is 0 Å². The maximum absolute atomic E-state index is 11.7. The molecule has 0 fully saturated rings. The van der Waals surface area contributed by atoms with Crippen molar-refractivity contribution < 1.29 is 8.42 Å². The van der Waals surface area contributed by atoms with E-state index in [0.29, 0.717) is 18.2 Å². The molecule has 1 aromatic heterocycles. The minimum absolute atomic E-state index is 0.110. The molecule has 0 aliphatic heterocycles. The molecule has 6 nitrogen and oxygen atoms in total. The van der Waals surface area contributed by atoms with E-state index in [-0.39, 0.29) is 17.5 Å². The average Bonchev–Trinajstić information content (AvgIpc) is 2.47. The molecule has 0 amide bonds. The number of para-hydroxylation sites is 1. The summed E-state index contributed by atoms with van der Waals surface area (Å²) in [4.78, 5) is 10.7. The molecule has 0 unspecified atom stereocenters. The van der Waals surface area contributed by atoms with E-state index >= 15 is 0 Å². The first kappa shape index (κ1) is 16.6. The number of rotatable bonds is 6. The summed E-state index contributed by atoms with van der Waals surface area (Å²) >= 11 is 0. The summed E-state index contributed by atoms with van der Waals surface area (Å²) in [6.45, 7) is 4.00. The van der Waals surface area contributed by atoms with Crippen molar-refractivity contribution in [2.45, 2.75) is 26.4 Å². The summed E-state index contributed by atoms with van der Waals surface area (Å²) in [6.07, 6.45) is 0. The Morgan fingerprint density at radius 1 is 1.27 bits per heavy atom. The van der Waals surface area contributed by atoms with Crippen LogP contribution in [-0.2, 0) is 16.4 Å². The fraction of sp³-hybridized carbons (Fsp3) is 0.467. The summed E-state index contributed by atoms with van der Waals surface area (Å²) in [6, 6.07) is 7.46. The molecular formula is C15H22N4O2S. The van der Waals surface area contributed by atoms with Crippen LogP contribution in [0.15, 0.2) is 24.3 Å². The lowest BCUT2D eigenvalue weighted by Gasteiger charge is -2.23. The van der Waals surface area contributed by atoms with E-state index in [4.69, 9.17) is 5.73 Å². The van der Waals surface area contributed by atoms with Crippen LogP contribution in [0.4, 0.5) is 5.82 Å². The van der Waals surface area contributed by atoms with Crippen molar-refractivity contribution >= 4 is 26.6 Å². The van der Waals surface area contributed by atoms with E-state index in [1.165, 1.54) is 0 Å². The van der Waals surface area contributed by atoms with Crippen molar-refractivity contribution in [2.75, 3.05) is 24.3 Å². The zero-order valence-corrected chi connectivity index (χ0v) is 14.0. The van der Waals surface area contributed by atoms with Gasteiger partial charge in [0.25, 0.3) is 0 Å². The fourth-order valence-electron chi connectivity index (χ4n) is 2.21. The van der Waals surface area contributed by atoms with Crippen LogP contribution < -0.4 is 5.73 Å². The second-order valence-corrected chi connectivity index (χ2v) is 7.90. The molecule has 0 spiro atoms. The molecule has 2 rings (SSSR count). The summed E-state index contributed by atoms with van der Waals surface area (Å²) in [7, 11) is -1.14. The fourth-order valence-corrected chi connectivity index (χ4v) is 3.44.